The van der Waals surface area contributed by atoms with Crippen LogP contribution in [0.3, 0.4) is 0 Å². The van der Waals surface area contributed by atoms with E-state index in [0.717, 1.165) is 12.3 Å². The van der Waals surface area contributed by atoms with Crippen LogP contribution in [0.25, 0.3) is 10.4 Å². The van der Waals surface area contributed by atoms with E-state index in [2.05, 4.69) is 22.4 Å². The predicted molar refractivity (Wildman–Crippen MR) is 83.2 cm³/mol. The number of nitrogens with zero attached hydrogens (tertiary/aromatic N) is 1. The van der Waals surface area contributed by atoms with Crippen molar-refractivity contribution in [1.29, 1.82) is 0 Å². The van der Waals surface area contributed by atoms with E-state index >= 15 is 0 Å². The van der Waals surface area contributed by atoms with Gasteiger partial charge in [0, 0.05) is 18.8 Å². The molecule has 20 heavy (non-hydrogen) atoms. The largest absolute Gasteiger partial charge is 0.497 e. The Labute approximate surface area is 124 Å². The van der Waals surface area contributed by atoms with Crippen molar-refractivity contribution in [1.82, 2.24) is 10.3 Å². The molecule has 0 amide bonds. The van der Waals surface area contributed by atoms with Gasteiger partial charge in [-0.25, -0.2) is 4.98 Å². The van der Waals surface area contributed by atoms with Crippen LogP contribution in [0, 0.1) is 0 Å². The minimum Gasteiger partial charge on any atom is -0.497 e. The summed E-state index contributed by atoms with van der Waals surface area (Å²) in [6.45, 7) is 0.894. The molecule has 1 fully saturated rings. The second kappa shape index (κ2) is 6.37. The number of nitrogens with one attached hydrogen (secondary N) is 1. The highest BCUT2D eigenvalue weighted by molar-refractivity contribution is 7.15. The molecule has 3 rings (SSSR count). The summed E-state index contributed by atoms with van der Waals surface area (Å²) in [7, 11) is 1.69. The zero-order valence-corrected chi connectivity index (χ0v) is 12.6. The fourth-order valence-corrected chi connectivity index (χ4v) is 3.52. The molecule has 1 aliphatic rings. The molecule has 1 aromatic carbocycles. The van der Waals surface area contributed by atoms with Crippen LogP contribution in [0.15, 0.2) is 30.5 Å². The summed E-state index contributed by atoms with van der Waals surface area (Å²) in [5.41, 5.74) is 1.20. The van der Waals surface area contributed by atoms with E-state index in [1.54, 1.807) is 18.4 Å². The Morgan fingerprint density at radius 1 is 1.25 bits per heavy atom. The lowest BCUT2D eigenvalue weighted by atomic mass is 10.2. The number of thiazole rings is 1. The molecular weight excluding hydrogens is 268 g/mol. The van der Waals surface area contributed by atoms with Gasteiger partial charge in [-0.3, -0.25) is 0 Å². The molecule has 0 atom stereocenters. The molecule has 1 heterocycles. The maximum Gasteiger partial charge on any atom is 0.118 e. The summed E-state index contributed by atoms with van der Waals surface area (Å²) >= 11 is 1.77. The minimum absolute atomic E-state index is 0.698. The first-order valence-electron chi connectivity index (χ1n) is 7.17. The third kappa shape index (κ3) is 3.19. The highest BCUT2D eigenvalue weighted by atomic mass is 32.1. The molecule has 0 saturated heterocycles. The fourth-order valence-electron chi connectivity index (χ4n) is 2.64. The summed E-state index contributed by atoms with van der Waals surface area (Å²) in [6, 6.07) is 8.85. The third-order valence-electron chi connectivity index (χ3n) is 3.83. The normalized spacial score (nSPS) is 15.7. The van der Waals surface area contributed by atoms with E-state index < -0.39 is 0 Å². The molecule has 2 aromatic rings. The van der Waals surface area contributed by atoms with Crippen molar-refractivity contribution in [3.8, 4) is 16.2 Å². The van der Waals surface area contributed by atoms with Gasteiger partial charge < -0.3 is 10.1 Å². The van der Waals surface area contributed by atoms with Gasteiger partial charge in [-0.05, 0) is 42.7 Å². The Morgan fingerprint density at radius 2 is 2.00 bits per heavy atom. The lowest BCUT2D eigenvalue weighted by molar-refractivity contribution is 0.415. The Bertz CT molecular complexity index is 544. The number of hydrogen-bond acceptors (Lipinski definition) is 4. The minimum atomic E-state index is 0.698. The maximum absolute atomic E-state index is 5.18. The molecule has 0 unspecified atom stereocenters. The topological polar surface area (TPSA) is 34.1 Å². The van der Waals surface area contributed by atoms with Gasteiger partial charge in [0.2, 0.25) is 0 Å². The Morgan fingerprint density at radius 3 is 2.70 bits per heavy atom. The molecular formula is C16H20N2OS. The number of methoxy groups -OCH3 is 1. The monoisotopic (exact) mass is 288 g/mol. The molecule has 1 saturated carbocycles. The molecule has 3 nitrogen and oxygen atoms in total. The molecule has 1 aliphatic carbocycles. The van der Waals surface area contributed by atoms with Crippen LogP contribution < -0.4 is 10.1 Å². The van der Waals surface area contributed by atoms with E-state index in [1.165, 1.54) is 41.1 Å². The van der Waals surface area contributed by atoms with Crippen LogP contribution in [0.4, 0.5) is 0 Å². The van der Waals surface area contributed by atoms with E-state index in [-0.39, 0.29) is 0 Å². The van der Waals surface area contributed by atoms with Crippen LogP contribution in [0.2, 0.25) is 0 Å². The quantitative estimate of drug-likeness (QED) is 0.907. The molecule has 0 spiro atoms. The van der Waals surface area contributed by atoms with Crippen molar-refractivity contribution in [2.75, 3.05) is 7.11 Å². The smallest absolute Gasteiger partial charge is 0.118 e. The van der Waals surface area contributed by atoms with Crippen molar-refractivity contribution in [2.24, 2.45) is 0 Å². The third-order valence-corrected chi connectivity index (χ3v) is 4.87. The van der Waals surface area contributed by atoms with Crippen molar-refractivity contribution in [3.05, 3.63) is 35.5 Å². The van der Waals surface area contributed by atoms with Crippen molar-refractivity contribution >= 4 is 11.3 Å². The summed E-state index contributed by atoms with van der Waals surface area (Å²) in [6.07, 6.45) is 7.34. The number of ether oxygens (including phenoxy) is 1. The predicted octanol–water partition coefficient (Wildman–Crippen LogP) is 3.85. The van der Waals surface area contributed by atoms with Crippen LogP contribution in [-0.2, 0) is 6.54 Å². The molecule has 4 heteroatoms. The standard InChI is InChI=1S/C16H20N2OS/c1-19-14-8-6-12(7-9-14)15-10-18-16(20-15)11-17-13-4-2-3-5-13/h6-10,13,17H,2-5,11H2,1H3. The zero-order chi connectivity index (χ0) is 13.8. The van der Waals surface area contributed by atoms with Gasteiger partial charge in [0.25, 0.3) is 0 Å². The SMILES string of the molecule is COc1ccc(-c2cnc(CNC3CCCC3)s2)cc1. The summed E-state index contributed by atoms with van der Waals surface area (Å²) in [5, 5.41) is 4.78. The van der Waals surface area contributed by atoms with Gasteiger partial charge in [-0.15, -0.1) is 11.3 Å². The molecule has 0 bridgehead atoms. The highest BCUT2D eigenvalue weighted by Crippen LogP contribution is 2.28. The second-order valence-electron chi connectivity index (χ2n) is 5.21. The van der Waals surface area contributed by atoms with Crippen molar-refractivity contribution in [3.63, 3.8) is 0 Å². The Hall–Kier alpha value is -1.39. The van der Waals surface area contributed by atoms with E-state index in [0.29, 0.717) is 6.04 Å². The number of hydrogen-bond donors (Lipinski definition) is 1. The fraction of sp³-hybridized carbons (Fsp3) is 0.438. The number of benzene rings is 1. The molecule has 0 aliphatic heterocycles. The van der Waals surface area contributed by atoms with E-state index in [1.807, 2.05) is 18.3 Å². The number of aromatic nitrogens is 1. The molecule has 1 aromatic heterocycles. The van der Waals surface area contributed by atoms with Gasteiger partial charge in [-0.1, -0.05) is 12.8 Å². The highest BCUT2D eigenvalue weighted by Gasteiger charge is 2.14. The average Bonchev–Trinajstić information content (AvgIpc) is 3.17. The van der Waals surface area contributed by atoms with Crippen LogP contribution in [0.5, 0.6) is 5.75 Å². The lowest BCUT2D eigenvalue weighted by Gasteiger charge is -2.09. The van der Waals surface area contributed by atoms with Gasteiger partial charge in [0.05, 0.1) is 12.0 Å². The first kappa shape index (κ1) is 13.6. The van der Waals surface area contributed by atoms with Gasteiger partial charge in [0.15, 0.2) is 0 Å². The summed E-state index contributed by atoms with van der Waals surface area (Å²) in [4.78, 5) is 5.74. The molecule has 1 N–H and O–H groups in total. The van der Waals surface area contributed by atoms with Crippen molar-refractivity contribution in [2.45, 2.75) is 38.3 Å². The van der Waals surface area contributed by atoms with Gasteiger partial charge in [-0.2, -0.15) is 0 Å². The molecule has 0 radical (unpaired) electrons. The number of rotatable bonds is 5. The van der Waals surface area contributed by atoms with Crippen LogP contribution in [-0.4, -0.2) is 18.1 Å². The van der Waals surface area contributed by atoms with Gasteiger partial charge in [0.1, 0.15) is 10.8 Å². The lowest BCUT2D eigenvalue weighted by Crippen LogP contribution is -2.25. The first-order valence-corrected chi connectivity index (χ1v) is 7.99. The van der Waals surface area contributed by atoms with E-state index in [4.69, 9.17) is 4.74 Å². The van der Waals surface area contributed by atoms with Crippen LogP contribution in [0.1, 0.15) is 30.7 Å². The molecule has 106 valence electrons. The average molecular weight is 288 g/mol. The Kier molecular flexibility index (Phi) is 4.33. The van der Waals surface area contributed by atoms with Gasteiger partial charge >= 0.3 is 0 Å². The Balaban J connectivity index is 1.62. The second-order valence-corrected chi connectivity index (χ2v) is 6.32. The van der Waals surface area contributed by atoms with Crippen LogP contribution >= 0.6 is 11.3 Å². The summed E-state index contributed by atoms with van der Waals surface area (Å²) < 4.78 is 5.18. The van der Waals surface area contributed by atoms with Crippen molar-refractivity contribution < 1.29 is 4.74 Å². The summed E-state index contributed by atoms with van der Waals surface area (Å²) in [5.74, 6) is 0.890. The maximum atomic E-state index is 5.18. The van der Waals surface area contributed by atoms with E-state index in [9.17, 15) is 0 Å². The first-order chi connectivity index (χ1) is 9.85. The zero-order valence-electron chi connectivity index (χ0n) is 11.8.